The van der Waals surface area contributed by atoms with Gasteiger partial charge in [0.05, 0.1) is 5.69 Å². The standard InChI is InChI=1S/C13H10Cl2N2O3/c1-6-5-9(14)16-12(15)11(6)17-13(20)10-7(18)3-2-4-8(10)19/h2-5,18-19H,1H3,(H,17,20). The Morgan fingerprint density at radius 3 is 2.40 bits per heavy atom. The summed E-state index contributed by atoms with van der Waals surface area (Å²) in [6.45, 7) is 1.69. The van der Waals surface area contributed by atoms with E-state index in [2.05, 4.69) is 10.3 Å². The molecule has 0 unspecified atom stereocenters. The summed E-state index contributed by atoms with van der Waals surface area (Å²) in [5.41, 5.74) is 0.639. The Morgan fingerprint density at radius 1 is 1.25 bits per heavy atom. The first-order chi connectivity index (χ1) is 9.40. The Kier molecular flexibility index (Phi) is 4.01. The van der Waals surface area contributed by atoms with Crippen molar-refractivity contribution in [3.63, 3.8) is 0 Å². The topological polar surface area (TPSA) is 82.5 Å². The minimum Gasteiger partial charge on any atom is -0.507 e. The lowest BCUT2D eigenvalue weighted by atomic mass is 10.1. The molecule has 0 saturated heterocycles. The van der Waals surface area contributed by atoms with Crippen LogP contribution in [0.3, 0.4) is 0 Å². The van der Waals surface area contributed by atoms with Crippen molar-refractivity contribution in [3.05, 3.63) is 45.7 Å². The monoisotopic (exact) mass is 312 g/mol. The van der Waals surface area contributed by atoms with Crippen molar-refractivity contribution >= 4 is 34.8 Å². The Bertz CT molecular complexity index is 646. The first-order valence-corrected chi connectivity index (χ1v) is 6.30. The van der Waals surface area contributed by atoms with Crippen molar-refractivity contribution in [2.45, 2.75) is 6.92 Å². The van der Waals surface area contributed by atoms with Gasteiger partial charge in [0.2, 0.25) is 0 Å². The number of aromatic hydroxyl groups is 2. The Hall–Kier alpha value is -1.98. The van der Waals surface area contributed by atoms with Crippen LogP contribution in [0.5, 0.6) is 11.5 Å². The van der Waals surface area contributed by atoms with Crippen LogP contribution in [-0.4, -0.2) is 21.1 Å². The predicted molar refractivity (Wildman–Crippen MR) is 76.7 cm³/mol. The van der Waals surface area contributed by atoms with Crippen molar-refractivity contribution in [1.82, 2.24) is 4.98 Å². The summed E-state index contributed by atoms with van der Waals surface area (Å²) in [5, 5.41) is 22.0. The van der Waals surface area contributed by atoms with E-state index in [1.54, 1.807) is 6.92 Å². The lowest BCUT2D eigenvalue weighted by Gasteiger charge is -2.11. The fourth-order valence-corrected chi connectivity index (χ4v) is 2.26. The van der Waals surface area contributed by atoms with Gasteiger partial charge in [-0.05, 0) is 30.7 Å². The van der Waals surface area contributed by atoms with Gasteiger partial charge in [-0.25, -0.2) is 4.98 Å². The first kappa shape index (κ1) is 14.4. The van der Waals surface area contributed by atoms with Crippen molar-refractivity contribution < 1.29 is 15.0 Å². The van der Waals surface area contributed by atoms with Gasteiger partial charge < -0.3 is 15.5 Å². The molecular weight excluding hydrogens is 303 g/mol. The quantitative estimate of drug-likeness (QED) is 0.743. The van der Waals surface area contributed by atoms with Crippen LogP contribution >= 0.6 is 23.2 Å². The first-order valence-electron chi connectivity index (χ1n) is 5.55. The van der Waals surface area contributed by atoms with E-state index in [0.717, 1.165) is 0 Å². The van der Waals surface area contributed by atoms with Gasteiger partial charge >= 0.3 is 0 Å². The van der Waals surface area contributed by atoms with E-state index < -0.39 is 5.91 Å². The number of carbonyl (C=O) groups is 1. The minimum atomic E-state index is -0.699. The van der Waals surface area contributed by atoms with Gasteiger partial charge in [0.25, 0.3) is 5.91 Å². The van der Waals surface area contributed by atoms with Crippen LogP contribution in [0.1, 0.15) is 15.9 Å². The van der Waals surface area contributed by atoms with Crippen molar-refractivity contribution in [2.24, 2.45) is 0 Å². The number of amides is 1. The molecule has 104 valence electrons. The number of phenolic OH excluding ortho intramolecular Hbond substituents is 2. The van der Waals surface area contributed by atoms with Crippen LogP contribution in [0.15, 0.2) is 24.3 Å². The second kappa shape index (κ2) is 5.56. The molecule has 1 heterocycles. The van der Waals surface area contributed by atoms with Crippen LogP contribution in [0.4, 0.5) is 5.69 Å². The molecular formula is C13H10Cl2N2O3. The third-order valence-corrected chi connectivity index (χ3v) is 3.09. The van der Waals surface area contributed by atoms with Gasteiger partial charge in [-0.1, -0.05) is 29.3 Å². The zero-order chi connectivity index (χ0) is 14.9. The molecule has 20 heavy (non-hydrogen) atoms. The van der Waals surface area contributed by atoms with E-state index in [1.165, 1.54) is 24.3 Å². The number of halogens is 2. The number of nitrogens with one attached hydrogen (secondary N) is 1. The molecule has 0 fully saturated rings. The van der Waals surface area contributed by atoms with Gasteiger partial charge in [-0.15, -0.1) is 0 Å². The van der Waals surface area contributed by atoms with Crippen LogP contribution in [0, 0.1) is 6.92 Å². The Morgan fingerprint density at radius 2 is 1.85 bits per heavy atom. The highest BCUT2D eigenvalue weighted by Crippen LogP contribution is 2.30. The largest absolute Gasteiger partial charge is 0.507 e. The van der Waals surface area contributed by atoms with E-state index in [1.807, 2.05) is 0 Å². The van der Waals surface area contributed by atoms with Crippen LogP contribution in [-0.2, 0) is 0 Å². The molecule has 7 heteroatoms. The molecule has 0 spiro atoms. The van der Waals surface area contributed by atoms with Crippen molar-refractivity contribution in [2.75, 3.05) is 5.32 Å². The zero-order valence-corrected chi connectivity index (χ0v) is 11.8. The Labute approximate surface area is 124 Å². The number of hydrogen-bond acceptors (Lipinski definition) is 4. The molecule has 2 aromatic rings. The van der Waals surface area contributed by atoms with E-state index in [-0.39, 0.29) is 33.1 Å². The van der Waals surface area contributed by atoms with Crippen LogP contribution in [0.25, 0.3) is 0 Å². The highest BCUT2D eigenvalue weighted by Gasteiger charge is 2.18. The van der Waals surface area contributed by atoms with Crippen LogP contribution in [0.2, 0.25) is 10.3 Å². The molecule has 0 aliphatic rings. The summed E-state index contributed by atoms with van der Waals surface area (Å²) in [5.74, 6) is -1.37. The summed E-state index contributed by atoms with van der Waals surface area (Å²) in [6.07, 6.45) is 0. The number of rotatable bonds is 2. The van der Waals surface area contributed by atoms with Gasteiger partial charge in [-0.2, -0.15) is 0 Å². The molecule has 1 aromatic carbocycles. The average Bonchev–Trinajstić information content (AvgIpc) is 2.33. The van der Waals surface area contributed by atoms with E-state index in [0.29, 0.717) is 5.56 Å². The van der Waals surface area contributed by atoms with Gasteiger partial charge in [-0.3, -0.25) is 4.79 Å². The fourth-order valence-electron chi connectivity index (χ4n) is 1.68. The molecule has 5 nitrogen and oxygen atoms in total. The number of benzene rings is 1. The molecule has 0 aliphatic heterocycles. The summed E-state index contributed by atoms with van der Waals surface area (Å²) in [7, 11) is 0. The molecule has 3 N–H and O–H groups in total. The predicted octanol–water partition coefficient (Wildman–Crippen LogP) is 3.36. The van der Waals surface area contributed by atoms with E-state index in [4.69, 9.17) is 23.2 Å². The van der Waals surface area contributed by atoms with Gasteiger partial charge in [0.15, 0.2) is 5.15 Å². The number of aromatic nitrogens is 1. The highest BCUT2D eigenvalue weighted by molar-refractivity contribution is 6.35. The number of nitrogens with zero attached hydrogens (tertiary/aromatic N) is 1. The molecule has 0 bridgehead atoms. The molecule has 0 saturated carbocycles. The normalized spacial score (nSPS) is 10.3. The third-order valence-electron chi connectivity index (χ3n) is 2.63. The van der Waals surface area contributed by atoms with Crippen molar-refractivity contribution in [3.8, 4) is 11.5 Å². The Balaban J connectivity index is 2.38. The maximum atomic E-state index is 12.1. The molecule has 2 rings (SSSR count). The second-order valence-corrected chi connectivity index (χ2v) is 4.80. The summed E-state index contributed by atoms with van der Waals surface area (Å²) in [6, 6.07) is 5.55. The molecule has 0 atom stereocenters. The van der Waals surface area contributed by atoms with Gasteiger partial charge in [0, 0.05) is 0 Å². The maximum absolute atomic E-state index is 12.1. The molecule has 0 aliphatic carbocycles. The van der Waals surface area contributed by atoms with E-state index >= 15 is 0 Å². The number of carbonyl (C=O) groups excluding carboxylic acids is 1. The number of phenols is 2. The van der Waals surface area contributed by atoms with Crippen LogP contribution < -0.4 is 5.32 Å². The minimum absolute atomic E-state index is 0.0262. The summed E-state index contributed by atoms with van der Waals surface area (Å²) < 4.78 is 0. The van der Waals surface area contributed by atoms with Gasteiger partial charge in [0.1, 0.15) is 22.2 Å². The fraction of sp³-hybridized carbons (Fsp3) is 0.0769. The second-order valence-electron chi connectivity index (χ2n) is 4.05. The average molecular weight is 313 g/mol. The highest BCUT2D eigenvalue weighted by atomic mass is 35.5. The lowest BCUT2D eigenvalue weighted by Crippen LogP contribution is -2.14. The molecule has 1 aromatic heterocycles. The van der Waals surface area contributed by atoms with E-state index in [9.17, 15) is 15.0 Å². The lowest BCUT2D eigenvalue weighted by molar-refractivity contribution is 0.102. The number of aryl methyl sites for hydroxylation is 1. The maximum Gasteiger partial charge on any atom is 0.263 e. The summed E-state index contributed by atoms with van der Waals surface area (Å²) >= 11 is 11.6. The SMILES string of the molecule is Cc1cc(Cl)nc(Cl)c1NC(=O)c1c(O)cccc1O. The number of anilines is 1. The van der Waals surface area contributed by atoms with Crippen molar-refractivity contribution in [1.29, 1.82) is 0 Å². The third kappa shape index (κ3) is 2.79. The summed E-state index contributed by atoms with van der Waals surface area (Å²) in [4.78, 5) is 15.9. The number of hydrogen-bond donors (Lipinski definition) is 3. The number of pyridine rings is 1. The molecule has 1 amide bonds. The zero-order valence-electron chi connectivity index (χ0n) is 10.3. The smallest absolute Gasteiger partial charge is 0.263 e. The molecule has 0 radical (unpaired) electrons.